The fourth-order valence-electron chi connectivity index (χ4n) is 5.69. The van der Waals surface area contributed by atoms with Gasteiger partial charge in [0.15, 0.2) is 0 Å². The van der Waals surface area contributed by atoms with E-state index in [1.165, 1.54) is 24.8 Å². The minimum absolute atomic E-state index is 0.198. The van der Waals surface area contributed by atoms with Gasteiger partial charge in [0.2, 0.25) is 5.91 Å². The van der Waals surface area contributed by atoms with Gasteiger partial charge in [-0.2, -0.15) is 0 Å². The number of methoxy groups -OCH3 is 1. The molecule has 1 saturated heterocycles. The van der Waals surface area contributed by atoms with Crippen molar-refractivity contribution in [2.45, 2.75) is 63.5 Å². The van der Waals surface area contributed by atoms with Gasteiger partial charge in [0.1, 0.15) is 5.75 Å². The second-order valence-electron chi connectivity index (χ2n) is 8.54. The summed E-state index contributed by atoms with van der Waals surface area (Å²) in [7, 11) is 1.72. The third-order valence-electron chi connectivity index (χ3n) is 7.07. The van der Waals surface area contributed by atoms with Crippen molar-refractivity contribution in [1.82, 2.24) is 4.90 Å². The number of carbonyl (C=O) groups is 1. The van der Waals surface area contributed by atoms with Crippen molar-refractivity contribution in [3.63, 3.8) is 0 Å². The van der Waals surface area contributed by atoms with Gasteiger partial charge in [0.25, 0.3) is 0 Å². The highest BCUT2D eigenvalue weighted by molar-refractivity contribution is 5.79. The number of nitrogens with two attached hydrogens (primary N) is 1. The van der Waals surface area contributed by atoms with Gasteiger partial charge in [0, 0.05) is 24.5 Å². The molecule has 1 aromatic rings. The SMILES string of the molecule is COc1ccccc1CC1CCCN1C(=O)C1CC2CCCC(C1)C2N. The lowest BCUT2D eigenvalue weighted by Gasteiger charge is -2.44. The summed E-state index contributed by atoms with van der Waals surface area (Å²) in [4.78, 5) is 15.5. The van der Waals surface area contributed by atoms with Gasteiger partial charge in [-0.15, -0.1) is 0 Å². The van der Waals surface area contributed by atoms with Crippen LogP contribution in [-0.2, 0) is 11.2 Å². The Hall–Kier alpha value is -1.55. The number of amides is 1. The molecule has 0 aromatic heterocycles. The molecule has 1 heterocycles. The zero-order valence-electron chi connectivity index (χ0n) is 15.9. The first-order chi connectivity index (χ1) is 12.7. The van der Waals surface area contributed by atoms with Gasteiger partial charge >= 0.3 is 0 Å². The van der Waals surface area contributed by atoms with Crippen molar-refractivity contribution in [3.8, 4) is 5.75 Å². The zero-order valence-corrected chi connectivity index (χ0v) is 15.9. The topological polar surface area (TPSA) is 55.6 Å². The molecular formula is C22H32N2O2. The first kappa shape index (κ1) is 17.8. The molecule has 3 fully saturated rings. The molecule has 1 aliphatic heterocycles. The maximum absolute atomic E-state index is 13.3. The van der Waals surface area contributed by atoms with E-state index in [1.54, 1.807) is 7.11 Å². The maximum atomic E-state index is 13.3. The predicted molar refractivity (Wildman–Crippen MR) is 103 cm³/mol. The Labute approximate surface area is 157 Å². The number of fused-ring (bicyclic) bond motifs is 2. The fraction of sp³-hybridized carbons (Fsp3) is 0.682. The Kier molecular flexibility index (Phi) is 5.21. The van der Waals surface area contributed by atoms with E-state index in [4.69, 9.17) is 10.5 Å². The van der Waals surface area contributed by atoms with E-state index in [-0.39, 0.29) is 5.92 Å². The van der Waals surface area contributed by atoms with Gasteiger partial charge < -0.3 is 15.4 Å². The van der Waals surface area contributed by atoms with Crippen LogP contribution in [0.5, 0.6) is 5.75 Å². The first-order valence-corrected chi connectivity index (χ1v) is 10.4. The highest BCUT2D eigenvalue weighted by atomic mass is 16.5. The number of carbonyl (C=O) groups excluding carboxylic acids is 1. The lowest BCUT2D eigenvalue weighted by Crippen LogP contribution is -2.50. The summed E-state index contributed by atoms with van der Waals surface area (Å²) in [6.07, 6.45) is 8.85. The summed E-state index contributed by atoms with van der Waals surface area (Å²) in [5.74, 6) is 2.65. The minimum Gasteiger partial charge on any atom is -0.496 e. The third kappa shape index (κ3) is 3.36. The molecule has 3 unspecified atom stereocenters. The Morgan fingerprint density at radius 3 is 2.62 bits per heavy atom. The highest BCUT2D eigenvalue weighted by Crippen LogP contribution is 2.43. The summed E-state index contributed by atoms with van der Waals surface area (Å²) in [5.41, 5.74) is 7.63. The number of hydrogen-bond acceptors (Lipinski definition) is 3. The van der Waals surface area contributed by atoms with Crippen LogP contribution in [0.25, 0.3) is 0 Å². The quantitative estimate of drug-likeness (QED) is 0.900. The van der Waals surface area contributed by atoms with Crippen LogP contribution in [0.3, 0.4) is 0 Å². The molecule has 0 spiro atoms. The molecule has 3 atom stereocenters. The van der Waals surface area contributed by atoms with Gasteiger partial charge in [-0.3, -0.25) is 4.79 Å². The molecule has 4 nitrogen and oxygen atoms in total. The Morgan fingerprint density at radius 2 is 1.88 bits per heavy atom. The lowest BCUT2D eigenvalue weighted by molar-refractivity contribution is -0.139. The average Bonchev–Trinajstić information content (AvgIpc) is 3.09. The van der Waals surface area contributed by atoms with Crippen LogP contribution in [0.2, 0.25) is 0 Å². The number of nitrogens with zero attached hydrogens (tertiary/aromatic N) is 1. The number of para-hydroxylation sites is 1. The van der Waals surface area contributed by atoms with E-state index in [0.717, 1.165) is 44.4 Å². The fourth-order valence-corrected chi connectivity index (χ4v) is 5.69. The monoisotopic (exact) mass is 356 g/mol. The molecule has 2 saturated carbocycles. The van der Waals surface area contributed by atoms with Gasteiger partial charge in [-0.05, 0) is 68.4 Å². The second-order valence-corrected chi connectivity index (χ2v) is 8.54. The summed E-state index contributed by atoms with van der Waals surface area (Å²) >= 11 is 0. The smallest absolute Gasteiger partial charge is 0.225 e. The number of benzene rings is 1. The average molecular weight is 357 g/mol. The molecule has 4 heteroatoms. The maximum Gasteiger partial charge on any atom is 0.225 e. The summed E-state index contributed by atoms with van der Waals surface area (Å²) < 4.78 is 5.51. The molecule has 3 aliphatic rings. The van der Waals surface area contributed by atoms with Crippen LogP contribution in [-0.4, -0.2) is 36.5 Å². The molecule has 142 valence electrons. The molecule has 2 N–H and O–H groups in total. The van der Waals surface area contributed by atoms with Crippen LogP contribution in [0, 0.1) is 17.8 Å². The summed E-state index contributed by atoms with van der Waals surface area (Å²) in [6.45, 7) is 0.913. The predicted octanol–water partition coefficient (Wildman–Crippen LogP) is 3.38. The molecule has 2 aliphatic carbocycles. The van der Waals surface area contributed by atoms with Gasteiger partial charge in [-0.1, -0.05) is 24.6 Å². The van der Waals surface area contributed by atoms with E-state index in [9.17, 15) is 4.79 Å². The van der Waals surface area contributed by atoms with E-state index >= 15 is 0 Å². The van der Waals surface area contributed by atoms with Crippen molar-refractivity contribution in [2.75, 3.05) is 13.7 Å². The van der Waals surface area contributed by atoms with Crippen molar-refractivity contribution in [3.05, 3.63) is 29.8 Å². The molecule has 2 bridgehead atoms. The molecule has 26 heavy (non-hydrogen) atoms. The lowest BCUT2D eigenvalue weighted by atomic mass is 9.65. The van der Waals surface area contributed by atoms with Crippen molar-refractivity contribution in [2.24, 2.45) is 23.5 Å². The van der Waals surface area contributed by atoms with Gasteiger partial charge in [-0.25, -0.2) is 0 Å². The second kappa shape index (κ2) is 7.59. The Morgan fingerprint density at radius 1 is 1.15 bits per heavy atom. The number of ether oxygens (including phenoxy) is 1. The van der Waals surface area contributed by atoms with Crippen LogP contribution in [0.15, 0.2) is 24.3 Å². The third-order valence-corrected chi connectivity index (χ3v) is 7.07. The summed E-state index contributed by atoms with van der Waals surface area (Å²) in [5, 5.41) is 0. The van der Waals surface area contributed by atoms with E-state index < -0.39 is 0 Å². The van der Waals surface area contributed by atoms with Crippen molar-refractivity contribution < 1.29 is 9.53 Å². The summed E-state index contributed by atoms with van der Waals surface area (Å²) in [6, 6.07) is 8.85. The molecule has 1 amide bonds. The number of hydrogen-bond donors (Lipinski definition) is 1. The first-order valence-electron chi connectivity index (χ1n) is 10.4. The number of likely N-dealkylation sites (tertiary alicyclic amines) is 1. The van der Waals surface area contributed by atoms with Crippen LogP contribution in [0.4, 0.5) is 0 Å². The largest absolute Gasteiger partial charge is 0.496 e. The minimum atomic E-state index is 0.198. The van der Waals surface area contributed by atoms with Crippen LogP contribution < -0.4 is 10.5 Å². The molecular weight excluding hydrogens is 324 g/mol. The van der Waals surface area contributed by atoms with Crippen molar-refractivity contribution in [1.29, 1.82) is 0 Å². The Bertz CT molecular complexity index is 633. The standard InChI is InChI=1S/C22H32N2O2/c1-26-20-10-3-2-6-15(20)14-19-9-5-11-24(19)22(25)18-12-16-7-4-8-17(13-18)21(16)23/h2-3,6,10,16-19,21H,4-5,7-9,11-14,23H2,1H3. The molecule has 1 aromatic carbocycles. The number of rotatable bonds is 4. The van der Waals surface area contributed by atoms with E-state index in [1.807, 2.05) is 12.1 Å². The van der Waals surface area contributed by atoms with Crippen LogP contribution in [0.1, 0.15) is 50.5 Å². The normalized spacial score (nSPS) is 33.9. The molecule has 0 radical (unpaired) electrons. The van der Waals surface area contributed by atoms with Gasteiger partial charge in [0.05, 0.1) is 7.11 Å². The van der Waals surface area contributed by atoms with Crippen LogP contribution >= 0.6 is 0 Å². The van der Waals surface area contributed by atoms with E-state index in [0.29, 0.717) is 29.8 Å². The van der Waals surface area contributed by atoms with E-state index in [2.05, 4.69) is 17.0 Å². The molecule has 4 rings (SSSR count). The highest BCUT2D eigenvalue weighted by Gasteiger charge is 2.43. The zero-order chi connectivity index (χ0) is 18.1. The van der Waals surface area contributed by atoms with Crippen molar-refractivity contribution >= 4 is 5.91 Å². The Balaban J connectivity index is 1.45.